The molecular formula is C5H10N2O4. The van der Waals surface area contributed by atoms with E-state index in [-0.39, 0.29) is 13.1 Å². The highest BCUT2D eigenvalue weighted by atomic mass is 16.4. The number of aliphatic hydroxyl groups is 1. The van der Waals surface area contributed by atoms with Crippen LogP contribution in [0.4, 0.5) is 0 Å². The molecule has 0 aliphatic carbocycles. The molecule has 64 valence electrons. The lowest BCUT2D eigenvalue weighted by Crippen LogP contribution is -2.39. The molecule has 0 saturated carbocycles. The molecule has 0 heterocycles. The second kappa shape index (κ2) is 4.64. The molecule has 0 aliphatic heterocycles. The van der Waals surface area contributed by atoms with Gasteiger partial charge in [0.2, 0.25) is 5.91 Å². The second-order valence-corrected chi connectivity index (χ2v) is 1.86. The Hall–Kier alpha value is -1.14. The van der Waals surface area contributed by atoms with Crippen molar-refractivity contribution in [2.75, 3.05) is 13.1 Å². The standard InChI is InChI=1S/C5H10N2O4/c6-1-4(9)7-2-3(8)5(10)11/h3,8H,1-2,6H2,(H,7,9)(H,10,11). The first-order chi connectivity index (χ1) is 5.07. The van der Waals surface area contributed by atoms with Gasteiger partial charge < -0.3 is 21.3 Å². The lowest BCUT2D eigenvalue weighted by atomic mass is 10.3. The van der Waals surface area contributed by atoms with Crippen LogP contribution in [-0.2, 0) is 9.59 Å². The second-order valence-electron chi connectivity index (χ2n) is 1.86. The highest BCUT2D eigenvalue weighted by Gasteiger charge is 2.12. The van der Waals surface area contributed by atoms with Gasteiger partial charge in [0.15, 0.2) is 6.10 Å². The summed E-state index contributed by atoms with van der Waals surface area (Å²) in [6.45, 7) is -0.530. The highest BCUT2D eigenvalue weighted by molar-refractivity contribution is 5.79. The third-order valence-corrected chi connectivity index (χ3v) is 0.963. The van der Waals surface area contributed by atoms with E-state index >= 15 is 0 Å². The number of nitrogens with two attached hydrogens (primary N) is 1. The van der Waals surface area contributed by atoms with Crippen LogP contribution in [0.25, 0.3) is 0 Å². The summed E-state index contributed by atoms with van der Waals surface area (Å²) in [5.41, 5.74) is 4.89. The Morgan fingerprint density at radius 1 is 1.55 bits per heavy atom. The van der Waals surface area contributed by atoms with Crippen LogP contribution >= 0.6 is 0 Å². The third kappa shape index (κ3) is 4.29. The highest BCUT2D eigenvalue weighted by Crippen LogP contribution is 1.78. The van der Waals surface area contributed by atoms with Gasteiger partial charge in [-0.15, -0.1) is 0 Å². The predicted octanol–water partition coefficient (Wildman–Crippen LogP) is -2.49. The topological polar surface area (TPSA) is 113 Å². The van der Waals surface area contributed by atoms with Crippen LogP contribution in [0.5, 0.6) is 0 Å². The molecule has 0 aromatic heterocycles. The van der Waals surface area contributed by atoms with Crippen molar-refractivity contribution in [3.8, 4) is 0 Å². The van der Waals surface area contributed by atoms with E-state index in [0.717, 1.165) is 0 Å². The van der Waals surface area contributed by atoms with Gasteiger partial charge in [-0.05, 0) is 0 Å². The van der Waals surface area contributed by atoms with Crippen LogP contribution in [0.15, 0.2) is 0 Å². The molecule has 0 fully saturated rings. The Morgan fingerprint density at radius 3 is 2.45 bits per heavy atom. The molecule has 1 amide bonds. The SMILES string of the molecule is NCC(=O)NCC(O)C(=O)O. The van der Waals surface area contributed by atoms with E-state index in [1.54, 1.807) is 0 Å². The van der Waals surface area contributed by atoms with Crippen LogP contribution in [0, 0.1) is 0 Å². The molecule has 0 saturated heterocycles. The molecule has 0 rings (SSSR count). The van der Waals surface area contributed by atoms with Gasteiger partial charge in [0.1, 0.15) is 0 Å². The van der Waals surface area contributed by atoms with Crippen molar-refractivity contribution in [2.24, 2.45) is 5.73 Å². The quantitative estimate of drug-likeness (QED) is 0.365. The Bertz CT molecular complexity index is 159. The zero-order valence-corrected chi connectivity index (χ0v) is 5.78. The first kappa shape index (κ1) is 9.86. The molecule has 6 nitrogen and oxygen atoms in total. The van der Waals surface area contributed by atoms with Crippen LogP contribution < -0.4 is 11.1 Å². The van der Waals surface area contributed by atoms with Gasteiger partial charge in [0, 0.05) is 0 Å². The number of carbonyl (C=O) groups is 2. The minimum absolute atomic E-state index is 0.216. The maximum atomic E-state index is 10.4. The van der Waals surface area contributed by atoms with Crippen molar-refractivity contribution in [2.45, 2.75) is 6.10 Å². The maximum absolute atomic E-state index is 10.4. The minimum atomic E-state index is -1.56. The summed E-state index contributed by atoms with van der Waals surface area (Å²) in [6.07, 6.45) is -1.56. The van der Waals surface area contributed by atoms with Crippen LogP contribution in [0.1, 0.15) is 0 Å². The molecule has 0 aliphatic rings. The summed E-state index contributed by atoms with van der Waals surface area (Å²) in [5.74, 6) is -1.87. The van der Waals surface area contributed by atoms with Gasteiger partial charge in [-0.1, -0.05) is 0 Å². The van der Waals surface area contributed by atoms with Crippen LogP contribution in [-0.4, -0.2) is 41.3 Å². The number of carboxylic acid groups (broad SMARTS) is 1. The summed E-state index contributed by atoms with van der Waals surface area (Å²) in [6, 6.07) is 0. The molecule has 5 N–H and O–H groups in total. The van der Waals surface area contributed by atoms with Crippen molar-refractivity contribution in [3.63, 3.8) is 0 Å². The molecule has 0 aromatic rings. The number of carbonyl (C=O) groups excluding carboxylic acids is 1. The van der Waals surface area contributed by atoms with Crippen LogP contribution in [0.3, 0.4) is 0 Å². The van der Waals surface area contributed by atoms with Gasteiger partial charge in [0.25, 0.3) is 0 Å². The van der Waals surface area contributed by atoms with E-state index in [1.165, 1.54) is 0 Å². The summed E-state index contributed by atoms with van der Waals surface area (Å²) in [5, 5.41) is 18.9. The van der Waals surface area contributed by atoms with E-state index < -0.39 is 18.0 Å². The van der Waals surface area contributed by atoms with Crippen molar-refractivity contribution < 1.29 is 19.8 Å². The number of amides is 1. The first-order valence-corrected chi connectivity index (χ1v) is 2.95. The van der Waals surface area contributed by atoms with Crippen molar-refractivity contribution in [3.05, 3.63) is 0 Å². The first-order valence-electron chi connectivity index (χ1n) is 2.95. The van der Waals surface area contributed by atoms with Crippen LogP contribution in [0.2, 0.25) is 0 Å². The van der Waals surface area contributed by atoms with E-state index in [2.05, 4.69) is 5.32 Å². The largest absolute Gasteiger partial charge is 0.479 e. The van der Waals surface area contributed by atoms with Gasteiger partial charge >= 0.3 is 5.97 Å². The van der Waals surface area contributed by atoms with Gasteiger partial charge in [-0.25, -0.2) is 4.79 Å². The lowest BCUT2D eigenvalue weighted by molar-refractivity contribution is -0.146. The number of hydrogen-bond donors (Lipinski definition) is 4. The third-order valence-electron chi connectivity index (χ3n) is 0.963. The molecule has 0 aromatic carbocycles. The summed E-state index contributed by atoms with van der Waals surface area (Å²) >= 11 is 0. The maximum Gasteiger partial charge on any atom is 0.334 e. The number of aliphatic hydroxyl groups excluding tert-OH is 1. The molecule has 0 radical (unpaired) electrons. The van der Waals surface area contributed by atoms with Crippen molar-refractivity contribution >= 4 is 11.9 Å². The number of nitrogens with one attached hydrogen (secondary N) is 1. The van der Waals surface area contributed by atoms with Crippen molar-refractivity contribution in [1.29, 1.82) is 0 Å². The number of aliphatic carboxylic acids is 1. The van der Waals surface area contributed by atoms with E-state index in [1.807, 2.05) is 0 Å². The molecule has 0 bridgehead atoms. The molecular weight excluding hydrogens is 152 g/mol. The smallest absolute Gasteiger partial charge is 0.334 e. The van der Waals surface area contributed by atoms with Crippen molar-refractivity contribution in [1.82, 2.24) is 5.32 Å². The molecule has 1 unspecified atom stereocenters. The monoisotopic (exact) mass is 162 g/mol. The fourth-order valence-electron chi connectivity index (χ4n) is 0.370. The average Bonchev–Trinajstić information content (AvgIpc) is 1.99. The fraction of sp³-hybridized carbons (Fsp3) is 0.600. The van der Waals surface area contributed by atoms with E-state index in [0.29, 0.717) is 0 Å². The normalized spacial score (nSPS) is 12.2. The molecule has 11 heavy (non-hydrogen) atoms. The lowest BCUT2D eigenvalue weighted by Gasteiger charge is -2.05. The Morgan fingerprint density at radius 2 is 2.09 bits per heavy atom. The molecule has 6 heteroatoms. The van der Waals surface area contributed by atoms with E-state index in [4.69, 9.17) is 15.9 Å². The van der Waals surface area contributed by atoms with Gasteiger partial charge in [0.05, 0.1) is 13.1 Å². The zero-order valence-electron chi connectivity index (χ0n) is 5.78. The number of hydrogen-bond acceptors (Lipinski definition) is 4. The summed E-state index contributed by atoms with van der Waals surface area (Å²) in [7, 11) is 0. The summed E-state index contributed by atoms with van der Waals surface area (Å²) < 4.78 is 0. The van der Waals surface area contributed by atoms with Gasteiger partial charge in [-0.3, -0.25) is 4.79 Å². The fourth-order valence-corrected chi connectivity index (χ4v) is 0.370. The van der Waals surface area contributed by atoms with E-state index in [9.17, 15) is 9.59 Å². The number of rotatable bonds is 4. The average molecular weight is 162 g/mol. The Kier molecular flexibility index (Phi) is 4.16. The number of carboxylic acids is 1. The van der Waals surface area contributed by atoms with Gasteiger partial charge in [-0.2, -0.15) is 0 Å². The Labute approximate surface area is 63.0 Å². The predicted molar refractivity (Wildman–Crippen MR) is 35.7 cm³/mol. The summed E-state index contributed by atoms with van der Waals surface area (Å²) in [4.78, 5) is 20.4. The molecule has 1 atom stereocenters. The Balaban J connectivity index is 3.54. The zero-order chi connectivity index (χ0) is 8.85. The molecule has 0 spiro atoms. The minimum Gasteiger partial charge on any atom is -0.479 e.